The summed E-state index contributed by atoms with van der Waals surface area (Å²) in [4.78, 5) is 11.9. The van der Waals surface area contributed by atoms with Crippen molar-refractivity contribution in [1.82, 2.24) is 5.43 Å². The molecule has 3 aromatic carbocycles. The summed E-state index contributed by atoms with van der Waals surface area (Å²) in [6.07, 6.45) is 1.34. The smallest absolute Gasteiger partial charge is 0.259 e. The van der Waals surface area contributed by atoms with Crippen molar-refractivity contribution in [2.24, 2.45) is 15.3 Å². The van der Waals surface area contributed by atoms with Gasteiger partial charge in [0.05, 0.1) is 23.5 Å². The minimum Gasteiger partial charge on any atom is -0.507 e. The van der Waals surface area contributed by atoms with Gasteiger partial charge in [-0.05, 0) is 49.4 Å². The van der Waals surface area contributed by atoms with Gasteiger partial charge in [-0.2, -0.15) is 10.2 Å². The Hall–Kier alpha value is -3.71. The molecule has 0 unspecified atom stereocenters. The lowest BCUT2D eigenvalue weighted by Crippen LogP contribution is -2.25. The van der Waals surface area contributed by atoms with E-state index in [9.17, 15) is 9.90 Å². The molecule has 0 atom stereocenters. The normalized spacial score (nSPS) is 11.1. The third-order valence-electron chi connectivity index (χ3n) is 4.03. The molecule has 0 saturated heterocycles. The van der Waals surface area contributed by atoms with Gasteiger partial charge in [0.2, 0.25) is 0 Å². The number of carbonyl (C=O) groups excluding carboxylic acids is 1. The Labute approximate surface area is 179 Å². The molecular formula is C22H20ClN5O2. The monoisotopic (exact) mass is 421 g/mol. The van der Waals surface area contributed by atoms with Crippen LogP contribution in [0.1, 0.15) is 11.1 Å². The maximum Gasteiger partial charge on any atom is 0.259 e. The number of hydrazone groups is 1. The number of aromatic hydroxyl groups is 1. The first-order valence-corrected chi connectivity index (χ1v) is 9.51. The average Bonchev–Trinajstić information content (AvgIpc) is 2.74. The van der Waals surface area contributed by atoms with Crippen LogP contribution in [0, 0.1) is 6.92 Å². The number of hydrogen-bond acceptors (Lipinski definition) is 6. The second-order valence-electron chi connectivity index (χ2n) is 6.41. The summed E-state index contributed by atoms with van der Waals surface area (Å²) in [6, 6.07) is 19.5. The molecule has 3 rings (SSSR count). The summed E-state index contributed by atoms with van der Waals surface area (Å²) >= 11 is 6.06. The molecule has 0 saturated carbocycles. The predicted octanol–water partition coefficient (Wildman–Crippen LogP) is 5.33. The van der Waals surface area contributed by atoms with Crippen molar-refractivity contribution in [1.29, 1.82) is 0 Å². The molecule has 8 heteroatoms. The Balaban J connectivity index is 1.58. The molecule has 0 heterocycles. The number of azo groups is 1. The largest absolute Gasteiger partial charge is 0.507 e. The molecule has 3 N–H and O–H groups in total. The van der Waals surface area contributed by atoms with E-state index in [1.165, 1.54) is 12.3 Å². The van der Waals surface area contributed by atoms with Gasteiger partial charge in [-0.1, -0.05) is 41.4 Å². The van der Waals surface area contributed by atoms with E-state index in [4.69, 9.17) is 11.6 Å². The van der Waals surface area contributed by atoms with Gasteiger partial charge in [0.25, 0.3) is 5.91 Å². The molecule has 152 valence electrons. The molecule has 0 bridgehead atoms. The van der Waals surface area contributed by atoms with Crippen molar-refractivity contribution in [2.75, 3.05) is 11.9 Å². The summed E-state index contributed by atoms with van der Waals surface area (Å²) in [5, 5.41) is 25.6. The zero-order chi connectivity index (χ0) is 21.3. The lowest BCUT2D eigenvalue weighted by atomic mass is 10.2. The average molecular weight is 422 g/mol. The van der Waals surface area contributed by atoms with Crippen LogP contribution >= 0.6 is 11.6 Å². The summed E-state index contributed by atoms with van der Waals surface area (Å²) in [7, 11) is 0. The highest BCUT2D eigenvalue weighted by atomic mass is 35.5. The summed E-state index contributed by atoms with van der Waals surface area (Å²) in [5.41, 5.74) is 5.82. The Kier molecular flexibility index (Phi) is 7.13. The number of nitrogens with zero attached hydrogens (tertiary/aromatic N) is 3. The summed E-state index contributed by atoms with van der Waals surface area (Å²) < 4.78 is 0. The highest BCUT2D eigenvalue weighted by molar-refractivity contribution is 6.32. The first kappa shape index (κ1) is 21.0. The SMILES string of the molecule is Cc1ccc(NCC(=O)N/N=C/c2cc(N=Nc3ccccc3Cl)ccc2O)cc1. The molecule has 7 nitrogen and oxygen atoms in total. The Morgan fingerprint density at radius 2 is 1.83 bits per heavy atom. The molecule has 0 spiro atoms. The van der Waals surface area contributed by atoms with Crippen molar-refractivity contribution in [2.45, 2.75) is 6.92 Å². The van der Waals surface area contributed by atoms with E-state index in [0.717, 1.165) is 11.3 Å². The quantitative estimate of drug-likeness (QED) is 0.273. The zero-order valence-corrected chi connectivity index (χ0v) is 17.0. The number of benzene rings is 3. The van der Waals surface area contributed by atoms with Crippen molar-refractivity contribution in [3.05, 3.63) is 82.9 Å². The minimum absolute atomic E-state index is 0.00229. The van der Waals surface area contributed by atoms with Crippen LogP contribution in [0.3, 0.4) is 0 Å². The van der Waals surface area contributed by atoms with Crippen molar-refractivity contribution in [3.8, 4) is 5.75 Å². The number of phenols is 1. The van der Waals surface area contributed by atoms with Gasteiger partial charge in [-0.15, -0.1) is 5.11 Å². The summed E-state index contributed by atoms with van der Waals surface area (Å²) in [6.45, 7) is 2.06. The predicted molar refractivity (Wildman–Crippen MR) is 119 cm³/mol. The Morgan fingerprint density at radius 3 is 2.60 bits per heavy atom. The molecule has 0 aliphatic heterocycles. The van der Waals surface area contributed by atoms with E-state index < -0.39 is 0 Å². The zero-order valence-electron chi connectivity index (χ0n) is 16.2. The van der Waals surface area contributed by atoms with E-state index in [2.05, 4.69) is 26.1 Å². The van der Waals surface area contributed by atoms with Gasteiger partial charge in [0.1, 0.15) is 11.4 Å². The standard InChI is InChI=1S/C22H20ClN5O2/c1-15-6-8-17(9-7-15)24-14-22(30)28-25-13-16-12-18(10-11-21(16)29)26-27-20-5-3-2-4-19(20)23/h2-13,24,29H,14H2,1H3,(H,28,30)/b25-13+,27-26?. The van der Waals surface area contributed by atoms with Crippen LogP contribution in [-0.2, 0) is 4.79 Å². The highest BCUT2D eigenvalue weighted by Gasteiger charge is 2.03. The Morgan fingerprint density at radius 1 is 1.07 bits per heavy atom. The number of anilines is 1. The number of nitrogens with one attached hydrogen (secondary N) is 2. The van der Waals surface area contributed by atoms with E-state index in [1.807, 2.05) is 37.3 Å². The van der Waals surface area contributed by atoms with Crippen LogP contribution in [0.4, 0.5) is 17.1 Å². The second kappa shape index (κ2) is 10.2. The number of hydrogen-bond donors (Lipinski definition) is 3. The van der Waals surface area contributed by atoms with Crippen molar-refractivity contribution in [3.63, 3.8) is 0 Å². The van der Waals surface area contributed by atoms with Crippen molar-refractivity contribution < 1.29 is 9.90 Å². The van der Waals surface area contributed by atoms with Crippen LogP contribution in [0.25, 0.3) is 0 Å². The minimum atomic E-state index is -0.319. The molecular weight excluding hydrogens is 402 g/mol. The number of halogens is 1. The van der Waals surface area contributed by atoms with E-state index in [0.29, 0.717) is 22.0 Å². The molecule has 1 amide bonds. The van der Waals surface area contributed by atoms with E-state index in [1.54, 1.807) is 30.3 Å². The Bertz CT molecular complexity index is 1080. The topological polar surface area (TPSA) is 98.4 Å². The van der Waals surface area contributed by atoms with E-state index in [-0.39, 0.29) is 18.2 Å². The van der Waals surface area contributed by atoms with Crippen molar-refractivity contribution >= 4 is 40.8 Å². The van der Waals surface area contributed by atoms with Gasteiger partial charge in [-0.25, -0.2) is 5.43 Å². The third-order valence-corrected chi connectivity index (χ3v) is 4.35. The van der Waals surface area contributed by atoms with Gasteiger partial charge in [0, 0.05) is 11.3 Å². The molecule has 0 radical (unpaired) electrons. The second-order valence-corrected chi connectivity index (χ2v) is 6.81. The van der Waals surface area contributed by atoms with Gasteiger partial charge in [0.15, 0.2) is 0 Å². The molecule has 0 aromatic heterocycles. The van der Waals surface area contributed by atoms with Crippen LogP contribution in [-0.4, -0.2) is 23.8 Å². The van der Waals surface area contributed by atoms with Crippen LogP contribution in [0.2, 0.25) is 5.02 Å². The number of amides is 1. The number of aryl methyl sites for hydroxylation is 1. The molecule has 30 heavy (non-hydrogen) atoms. The van der Waals surface area contributed by atoms with Gasteiger partial charge < -0.3 is 10.4 Å². The molecule has 0 aliphatic rings. The van der Waals surface area contributed by atoms with E-state index >= 15 is 0 Å². The lowest BCUT2D eigenvalue weighted by molar-refractivity contribution is -0.119. The van der Waals surface area contributed by atoms with Gasteiger partial charge in [-0.3, -0.25) is 4.79 Å². The lowest BCUT2D eigenvalue weighted by Gasteiger charge is -2.05. The highest BCUT2D eigenvalue weighted by Crippen LogP contribution is 2.27. The molecule has 0 fully saturated rings. The number of phenolic OH excluding ortho intramolecular Hbond substituents is 1. The van der Waals surface area contributed by atoms with Crippen LogP contribution < -0.4 is 10.7 Å². The number of rotatable bonds is 7. The maximum absolute atomic E-state index is 11.9. The first-order chi connectivity index (χ1) is 14.5. The first-order valence-electron chi connectivity index (χ1n) is 9.13. The summed E-state index contributed by atoms with van der Waals surface area (Å²) in [5.74, 6) is -0.316. The maximum atomic E-state index is 11.9. The number of carbonyl (C=O) groups is 1. The van der Waals surface area contributed by atoms with Crippen LogP contribution in [0.5, 0.6) is 5.75 Å². The fraction of sp³-hybridized carbons (Fsp3) is 0.0909. The fourth-order valence-electron chi connectivity index (χ4n) is 2.42. The van der Waals surface area contributed by atoms with Crippen LogP contribution in [0.15, 0.2) is 82.1 Å². The molecule has 3 aromatic rings. The third kappa shape index (κ3) is 6.15. The molecule has 0 aliphatic carbocycles. The van der Waals surface area contributed by atoms with Gasteiger partial charge >= 0.3 is 0 Å². The fourth-order valence-corrected chi connectivity index (χ4v) is 2.59.